The number of hydrogen-bond acceptors (Lipinski definition) is 4. The van der Waals surface area contributed by atoms with Crippen LogP contribution in [0.5, 0.6) is 0 Å². The third-order valence-electron chi connectivity index (χ3n) is 2.24. The van der Waals surface area contributed by atoms with E-state index in [9.17, 15) is 4.55 Å². The normalized spacial score (nSPS) is 15.1. The van der Waals surface area contributed by atoms with Crippen LogP contribution in [0.25, 0.3) is 0 Å². The largest absolute Gasteiger partial charge is 0.598 e. The molecule has 1 heterocycles. The second-order valence-electron chi connectivity index (χ2n) is 4.81. The molecule has 0 amide bonds. The Balaban J connectivity index is 2.70. The molecule has 17 heavy (non-hydrogen) atoms. The Labute approximate surface area is 105 Å². The number of nitrogens with zero attached hydrogens (tertiary/aromatic N) is 2. The number of hydrogen-bond donors (Lipinski definition) is 1. The first-order chi connectivity index (χ1) is 7.84. The molecule has 0 spiro atoms. The Bertz CT molecular complexity index is 405. The van der Waals surface area contributed by atoms with Crippen LogP contribution in [-0.4, -0.2) is 14.3 Å². The minimum Gasteiger partial charge on any atom is -0.598 e. The molecular weight excluding hydrogens is 234 g/mol. The zero-order valence-electron chi connectivity index (χ0n) is 10.5. The van der Waals surface area contributed by atoms with E-state index < -0.39 is 11.4 Å². The lowest BCUT2D eigenvalue weighted by atomic mass is 10.1. The minimum atomic E-state index is -1.12. The highest BCUT2D eigenvalue weighted by molar-refractivity contribution is 7.90. The summed E-state index contributed by atoms with van der Waals surface area (Å²) in [5, 5.41) is 8.64. The van der Waals surface area contributed by atoms with E-state index in [2.05, 4.69) is 9.71 Å². The van der Waals surface area contributed by atoms with E-state index >= 15 is 0 Å². The molecule has 0 aliphatic heterocycles. The van der Waals surface area contributed by atoms with Gasteiger partial charge >= 0.3 is 0 Å². The van der Waals surface area contributed by atoms with Crippen molar-refractivity contribution in [3.63, 3.8) is 0 Å². The van der Waals surface area contributed by atoms with Crippen LogP contribution < -0.4 is 4.72 Å². The van der Waals surface area contributed by atoms with E-state index in [4.69, 9.17) is 5.26 Å². The maximum atomic E-state index is 11.9. The van der Waals surface area contributed by atoms with E-state index in [1.807, 2.05) is 39.8 Å². The fourth-order valence-electron chi connectivity index (χ4n) is 1.13. The van der Waals surface area contributed by atoms with Gasteiger partial charge in [-0.05, 0) is 39.3 Å². The summed E-state index contributed by atoms with van der Waals surface area (Å²) in [6.07, 6.45) is 1.64. The molecule has 0 bridgehead atoms. The Morgan fingerprint density at radius 2 is 2.12 bits per heavy atom. The smallest absolute Gasteiger partial charge is 0.140 e. The van der Waals surface area contributed by atoms with Crippen molar-refractivity contribution < 1.29 is 4.55 Å². The summed E-state index contributed by atoms with van der Waals surface area (Å²) >= 11 is -1.12. The van der Waals surface area contributed by atoms with Gasteiger partial charge in [0.2, 0.25) is 0 Å². The molecule has 0 radical (unpaired) electrons. The highest BCUT2D eigenvalue weighted by atomic mass is 32.2. The number of aromatic nitrogens is 1. The fourth-order valence-corrected chi connectivity index (χ4v) is 1.94. The molecule has 1 aromatic heterocycles. The maximum Gasteiger partial charge on any atom is 0.140 e. The monoisotopic (exact) mass is 251 g/mol. The van der Waals surface area contributed by atoms with Crippen molar-refractivity contribution in [2.75, 3.05) is 0 Å². The highest BCUT2D eigenvalue weighted by Crippen LogP contribution is 2.19. The van der Waals surface area contributed by atoms with Crippen molar-refractivity contribution in [2.24, 2.45) is 0 Å². The lowest BCUT2D eigenvalue weighted by Crippen LogP contribution is -2.40. The van der Waals surface area contributed by atoms with Crippen molar-refractivity contribution in [2.45, 2.75) is 38.5 Å². The van der Waals surface area contributed by atoms with Gasteiger partial charge in [0.1, 0.15) is 16.5 Å². The highest BCUT2D eigenvalue weighted by Gasteiger charge is 2.28. The Morgan fingerprint density at radius 3 is 2.53 bits per heavy atom. The molecule has 2 atom stereocenters. The Morgan fingerprint density at radius 1 is 1.47 bits per heavy atom. The summed E-state index contributed by atoms with van der Waals surface area (Å²) < 4.78 is 14.6. The second kappa shape index (κ2) is 5.50. The van der Waals surface area contributed by atoms with Crippen LogP contribution in [0.2, 0.25) is 0 Å². The quantitative estimate of drug-likeness (QED) is 0.835. The van der Waals surface area contributed by atoms with Crippen molar-refractivity contribution in [3.8, 4) is 6.07 Å². The zero-order valence-corrected chi connectivity index (χ0v) is 11.3. The molecule has 0 aromatic carbocycles. The third-order valence-corrected chi connectivity index (χ3v) is 3.92. The van der Waals surface area contributed by atoms with Crippen LogP contribution in [0.1, 0.15) is 45.0 Å². The lowest BCUT2D eigenvalue weighted by molar-refractivity contribution is 0.531. The third kappa shape index (κ3) is 4.00. The predicted octanol–water partition coefficient (Wildman–Crippen LogP) is 2.07. The SMILES string of the molecule is CC(N[S@+]([O-])C(C)(C)C)c1ccc(C#N)nc1. The minimum absolute atomic E-state index is 0.0599. The number of nitrogens with one attached hydrogen (secondary N) is 1. The fraction of sp³-hybridized carbons (Fsp3) is 0.500. The van der Waals surface area contributed by atoms with Crippen molar-refractivity contribution in [3.05, 3.63) is 29.6 Å². The summed E-state index contributed by atoms with van der Waals surface area (Å²) in [4.78, 5) is 3.99. The van der Waals surface area contributed by atoms with Crippen molar-refractivity contribution >= 4 is 11.4 Å². The predicted molar refractivity (Wildman–Crippen MR) is 68.4 cm³/mol. The second-order valence-corrected chi connectivity index (χ2v) is 6.81. The van der Waals surface area contributed by atoms with Crippen molar-refractivity contribution in [1.82, 2.24) is 9.71 Å². The van der Waals surface area contributed by atoms with Gasteiger partial charge < -0.3 is 4.55 Å². The summed E-state index contributed by atoms with van der Waals surface area (Å²) in [6, 6.07) is 5.39. The van der Waals surface area contributed by atoms with Gasteiger partial charge in [-0.1, -0.05) is 6.07 Å². The van der Waals surface area contributed by atoms with E-state index in [1.165, 1.54) is 0 Å². The molecular formula is C12H17N3OS. The first-order valence-corrected chi connectivity index (χ1v) is 6.53. The van der Waals surface area contributed by atoms with E-state index in [1.54, 1.807) is 12.3 Å². The summed E-state index contributed by atoms with van der Waals surface area (Å²) in [5.74, 6) is 0. The molecule has 5 heteroatoms. The van der Waals surface area contributed by atoms with Gasteiger partial charge in [-0.25, -0.2) is 4.98 Å². The first-order valence-electron chi connectivity index (χ1n) is 5.38. The lowest BCUT2D eigenvalue weighted by Gasteiger charge is -2.26. The van der Waals surface area contributed by atoms with Crippen LogP contribution in [0, 0.1) is 11.3 Å². The Hall–Kier alpha value is -1.09. The molecule has 0 fully saturated rings. The van der Waals surface area contributed by atoms with Gasteiger partial charge in [-0.3, -0.25) is 0 Å². The van der Waals surface area contributed by atoms with Crippen LogP contribution >= 0.6 is 0 Å². The topological polar surface area (TPSA) is 71.8 Å². The van der Waals surface area contributed by atoms with Crippen molar-refractivity contribution in [1.29, 1.82) is 5.26 Å². The van der Waals surface area contributed by atoms with Crippen LogP contribution in [-0.2, 0) is 11.4 Å². The Kier molecular flexibility index (Phi) is 4.52. The van der Waals surface area contributed by atoms with Gasteiger partial charge in [-0.2, -0.15) is 5.26 Å². The van der Waals surface area contributed by atoms with Gasteiger partial charge in [0, 0.05) is 17.6 Å². The van der Waals surface area contributed by atoms with Gasteiger partial charge in [-0.15, -0.1) is 4.72 Å². The maximum absolute atomic E-state index is 11.9. The standard InChI is InChI=1S/C12H17N3OS/c1-9(15-17(16)12(2,3)4)10-5-6-11(7-13)14-8-10/h5-6,8-9,15H,1-4H3/t9?,17-/m1/s1. The van der Waals surface area contributed by atoms with Crippen LogP contribution in [0.4, 0.5) is 0 Å². The molecule has 0 saturated carbocycles. The molecule has 0 aliphatic carbocycles. The summed E-state index contributed by atoms with van der Waals surface area (Å²) in [5.41, 5.74) is 1.31. The van der Waals surface area contributed by atoms with Gasteiger partial charge in [0.15, 0.2) is 0 Å². The van der Waals surface area contributed by atoms with Crippen LogP contribution in [0.3, 0.4) is 0 Å². The number of nitriles is 1. The molecule has 1 unspecified atom stereocenters. The zero-order chi connectivity index (χ0) is 13.1. The average molecular weight is 251 g/mol. The van der Waals surface area contributed by atoms with E-state index in [-0.39, 0.29) is 10.8 Å². The molecule has 4 nitrogen and oxygen atoms in total. The van der Waals surface area contributed by atoms with Gasteiger partial charge in [0.05, 0.1) is 6.04 Å². The first kappa shape index (κ1) is 14.0. The van der Waals surface area contributed by atoms with E-state index in [0.29, 0.717) is 5.69 Å². The number of rotatable bonds is 3. The van der Waals surface area contributed by atoms with Gasteiger partial charge in [0.25, 0.3) is 0 Å². The molecule has 0 aliphatic rings. The molecule has 0 saturated heterocycles. The van der Waals surface area contributed by atoms with Crippen LogP contribution in [0.15, 0.2) is 18.3 Å². The molecule has 92 valence electrons. The van der Waals surface area contributed by atoms with E-state index in [0.717, 1.165) is 5.56 Å². The molecule has 1 aromatic rings. The summed E-state index contributed by atoms with van der Waals surface area (Å²) in [6.45, 7) is 7.67. The summed E-state index contributed by atoms with van der Waals surface area (Å²) in [7, 11) is 0. The molecule has 1 N–H and O–H groups in total. The molecule has 1 rings (SSSR count). The average Bonchev–Trinajstić information content (AvgIpc) is 2.27. The number of pyridine rings is 1.